The normalized spacial score (nSPS) is 15.0. The van der Waals surface area contributed by atoms with Gasteiger partial charge in [-0.3, -0.25) is 0 Å². The van der Waals surface area contributed by atoms with Crippen molar-refractivity contribution in [3.63, 3.8) is 0 Å². The Hall–Kier alpha value is -2.07. The van der Waals surface area contributed by atoms with Gasteiger partial charge in [0.1, 0.15) is 23.7 Å². The van der Waals surface area contributed by atoms with Gasteiger partial charge in [0.15, 0.2) is 0 Å². The molecule has 0 unspecified atom stereocenters. The van der Waals surface area contributed by atoms with E-state index in [1.54, 1.807) is 0 Å². The molecule has 2 aromatic carbocycles. The Balaban J connectivity index is 1.59. The molecule has 1 aromatic heterocycles. The van der Waals surface area contributed by atoms with Crippen LogP contribution in [-0.4, -0.2) is 18.1 Å². The number of rotatable bonds is 4. The van der Waals surface area contributed by atoms with Crippen molar-refractivity contribution in [3.8, 4) is 5.75 Å². The second kappa shape index (κ2) is 8.09. The second-order valence-electron chi connectivity index (χ2n) is 6.81. The molecule has 0 saturated carbocycles. The van der Waals surface area contributed by atoms with Crippen LogP contribution in [0.4, 0.5) is 5.82 Å². The first-order valence-corrected chi connectivity index (χ1v) is 10.1. The summed E-state index contributed by atoms with van der Waals surface area (Å²) >= 11 is 3.47. The number of pyridine rings is 1. The fourth-order valence-corrected chi connectivity index (χ4v) is 3.71. The maximum Gasteiger partial charge on any atom is 0.146 e. The molecule has 1 aliphatic heterocycles. The van der Waals surface area contributed by atoms with Gasteiger partial charge >= 0.3 is 0 Å². The van der Waals surface area contributed by atoms with Crippen molar-refractivity contribution in [2.24, 2.45) is 0 Å². The molecule has 4 rings (SSSR count). The zero-order valence-electron chi connectivity index (χ0n) is 14.8. The van der Waals surface area contributed by atoms with Gasteiger partial charge in [0.2, 0.25) is 0 Å². The van der Waals surface area contributed by atoms with E-state index in [0.717, 1.165) is 45.6 Å². The van der Waals surface area contributed by atoms with Gasteiger partial charge in [-0.1, -0.05) is 53.0 Å². The van der Waals surface area contributed by atoms with E-state index in [4.69, 9.17) is 9.72 Å². The predicted molar refractivity (Wildman–Crippen MR) is 111 cm³/mol. The molecular weight excluding hydrogens is 388 g/mol. The van der Waals surface area contributed by atoms with E-state index >= 15 is 0 Å². The summed E-state index contributed by atoms with van der Waals surface area (Å²) in [5, 5.41) is 1.12. The van der Waals surface area contributed by atoms with E-state index in [-0.39, 0.29) is 0 Å². The first-order valence-electron chi connectivity index (χ1n) is 9.31. The molecule has 0 radical (unpaired) electrons. The summed E-state index contributed by atoms with van der Waals surface area (Å²) in [6.07, 6.45) is 5.15. The number of para-hydroxylation sites is 1. The fourth-order valence-electron chi connectivity index (χ4n) is 3.44. The lowest BCUT2D eigenvalue weighted by atomic mass is 10.2. The maximum absolute atomic E-state index is 6.12. The van der Waals surface area contributed by atoms with Crippen LogP contribution in [0.2, 0.25) is 0 Å². The number of anilines is 1. The van der Waals surface area contributed by atoms with Gasteiger partial charge in [-0.05, 0) is 48.7 Å². The minimum absolute atomic E-state index is 0.544. The number of hydrogen-bond acceptors (Lipinski definition) is 3. The second-order valence-corrected chi connectivity index (χ2v) is 7.73. The quantitative estimate of drug-likeness (QED) is 0.530. The molecule has 0 N–H and O–H groups in total. The molecule has 1 aliphatic rings. The number of benzene rings is 2. The Bertz CT molecular complexity index is 871. The van der Waals surface area contributed by atoms with Crippen LogP contribution in [-0.2, 0) is 6.61 Å². The standard InChI is InChI=1S/C22H23BrN2O/c23-19-11-8-17(9-12-19)16-26-20-7-5-6-18-10-13-21(24-22(18)20)25-14-3-1-2-4-15-25/h5-13H,1-4,14-16H2. The van der Waals surface area contributed by atoms with E-state index in [2.05, 4.69) is 51.2 Å². The van der Waals surface area contributed by atoms with E-state index in [1.165, 1.54) is 25.7 Å². The van der Waals surface area contributed by atoms with E-state index in [9.17, 15) is 0 Å². The van der Waals surface area contributed by atoms with E-state index in [1.807, 2.05) is 24.3 Å². The smallest absolute Gasteiger partial charge is 0.146 e. The van der Waals surface area contributed by atoms with Gasteiger partial charge in [0.05, 0.1) is 0 Å². The molecule has 0 aliphatic carbocycles. The van der Waals surface area contributed by atoms with Crippen LogP contribution in [0, 0.1) is 0 Å². The summed E-state index contributed by atoms with van der Waals surface area (Å²) in [7, 11) is 0. The minimum atomic E-state index is 0.544. The summed E-state index contributed by atoms with van der Waals surface area (Å²) in [6.45, 7) is 2.74. The van der Waals surface area contributed by atoms with Crippen LogP contribution in [0.3, 0.4) is 0 Å². The summed E-state index contributed by atoms with van der Waals surface area (Å²) in [5.74, 6) is 1.92. The summed E-state index contributed by atoms with van der Waals surface area (Å²) in [5.41, 5.74) is 2.10. The monoisotopic (exact) mass is 410 g/mol. The van der Waals surface area contributed by atoms with Crippen molar-refractivity contribution < 1.29 is 4.74 Å². The van der Waals surface area contributed by atoms with E-state index in [0.29, 0.717) is 6.61 Å². The summed E-state index contributed by atoms with van der Waals surface area (Å²) < 4.78 is 7.19. The highest BCUT2D eigenvalue weighted by Crippen LogP contribution is 2.28. The molecule has 3 aromatic rings. The van der Waals surface area contributed by atoms with E-state index < -0.39 is 0 Å². The lowest BCUT2D eigenvalue weighted by Crippen LogP contribution is -2.24. The highest BCUT2D eigenvalue weighted by molar-refractivity contribution is 9.10. The Morgan fingerprint density at radius 1 is 0.885 bits per heavy atom. The highest BCUT2D eigenvalue weighted by Gasteiger charge is 2.13. The average molecular weight is 411 g/mol. The molecule has 26 heavy (non-hydrogen) atoms. The molecule has 0 bridgehead atoms. The first kappa shape index (κ1) is 17.3. The number of aromatic nitrogens is 1. The van der Waals surface area contributed by atoms with Gasteiger partial charge in [-0.2, -0.15) is 0 Å². The molecular formula is C22H23BrN2O. The van der Waals surface area contributed by atoms with Crippen LogP contribution in [0.25, 0.3) is 10.9 Å². The molecule has 2 heterocycles. The van der Waals surface area contributed by atoms with Gasteiger partial charge in [-0.15, -0.1) is 0 Å². The summed E-state index contributed by atoms with van der Waals surface area (Å²) in [6, 6.07) is 18.7. The third-order valence-electron chi connectivity index (χ3n) is 4.91. The van der Waals surface area contributed by atoms with Crippen molar-refractivity contribution in [3.05, 3.63) is 64.6 Å². The SMILES string of the molecule is Brc1ccc(COc2cccc3ccc(N4CCCCCC4)nc23)cc1. The topological polar surface area (TPSA) is 25.4 Å². The Labute approximate surface area is 163 Å². The van der Waals surface area contributed by atoms with Crippen LogP contribution in [0.1, 0.15) is 31.2 Å². The molecule has 1 saturated heterocycles. The number of halogens is 1. The van der Waals surface area contributed by atoms with Gasteiger partial charge < -0.3 is 9.64 Å². The molecule has 3 nitrogen and oxygen atoms in total. The highest BCUT2D eigenvalue weighted by atomic mass is 79.9. The van der Waals surface area contributed by atoms with Gasteiger partial charge in [-0.25, -0.2) is 4.98 Å². The zero-order valence-corrected chi connectivity index (χ0v) is 16.4. The number of ether oxygens (including phenoxy) is 1. The van der Waals surface area contributed by atoms with Gasteiger partial charge in [0, 0.05) is 22.9 Å². The lowest BCUT2D eigenvalue weighted by molar-refractivity contribution is 0.309. The number of nitrogens with zero attached hydrogens (tertiary/aromatic N) is 2. The van der Waals surface area contributed by atoms with Crippen LogP contribution in [0.5, 0.6) is 5.75 Å². The largest absolute Gasteiger partial charge is 0.487 e. The molecule has 0 atom stereocenters. The zero-order chi connectivity index (χ0) is 17.8. The van der Waals surface area contributed by atoms with Crippen molar-refractivity contribution in [2.45, 2.75) is 32.3 Å². The molecule has 0 amide bonds. The number of hydrogen-bond donors (Lipinski definition) is 0. The third kappa shape index (κ3) is 4.01. The van der Waals surface area contributed by atoms with Gasteiger partial charge in [0.25, 0.3) is 0 Å². The van der Waals surface area contributed by atoms with Crippen molar-refractivity contribution in [1.82, 2.24) is 4.98 Å². The van der Waals surface area contributed by atoms with Crippen LogP contribution in [0.15, 0.2) is 59.1 Å². The predicted octanol–water partition coefficient (Wildman–Crippen LogP) is 5.96. The Morgan fingerprint density at radius 3 is 2.42 bits per heavy atom. The Kier molecular flexibility index (Phi) is 5.40. The molecule has 0 spiro atoms. The first-order chi connectivity index (χ1) is 12.8. The van der Waals surface area contributed by atoms with Crippen molar-refractivity contribution in [1.29, 1.82) is 0 Å². The lowest BCUT2D eigenvalue weighted by Gasteiger charge is -2.22. The molecule has 4 heteroatoms. The average Bonchev–Trinajstić information content (AvgIpc) is 2.97. The summed E-state index contributed by atoms with van der Waals surface area (Å²) in [4.78, 5) is 7.37. The van der Waals surface area contributed by atoms with Crippen molar-refractivity contribution >= 4 is 32.7 Å². The van der Waals surface area contributed by atoms with Crippen LogP contribution >= 0.6 is 15.9 Å². The Morgan fingerprint density at radius 2 is 1.65 bits per heavy atom. The fraction of sp³-hybridized carbons (Fsp3) is 0.318. The molecule has 1 fully saturated rings. The minimum Gasteiger partial charge on any atom is -0.487 e. The maximum atomic E-state index is 6.12. The number of fused-ring (bicyclic) bond motifs is 1. The van der Waals surface area contributed by atoms with Crippen LogP contribution < -0.4 is 9.64 Å². The molecule has 134 valence electrons. The third-order valence-corrected chi connectivity index (χ3v) is 5.43. The van der Waals surface area contributed by atoms with Crippen molar-refractivity contribution in [2.75, 3.05) is 18.0 Å².